The van der Waals surface area contributed by atoms with Gasteiger partial charge in [-0.15, -0.1) is 0 Å². The number of aliphatic hydroxyl groups is 2. The Morgan fingerprint density at radius 2 is 2.00 bits per heavy atom. The molecule has 7 nitrogen and oxygen atoms in total. The maximum atomic E-state index is 15.0. The van der Waals surface area contributed by atoms with Crippen molar-refractivity contribution < 1.29 is 14.6 Å². The molecule has 36 heavy (non-hydrogen) atoms. The maximum Gasteiger partial charge on any atom is 0.173 e. The SMILES string of the molecule is OC(NCC1CCC1)NN1CC2CC3CC1CC(C(O)CC1c4c(F)cccc4-c4cncn41)(C3)C2. The van der Waals surface area contributed by atoms with Crippen LogP contribution in [0.5, 0.6) is 0 Å². The molecular weight excluding hydrogens is 457 g/mol. The van der Waals surface area contributed by atoms with Gasteiger partial charge in [0.2, 0.25) is 0 Å². The molecule has 6 aliphatic rings. The highest BCUT2D eigenvalue weighted by molar-refractivity contribution is 5.69. The van der Waals surface area contributed by atoms with Gasteiger partial charge in [0.05, 0.1) is 30.4 Å². The number of hydrazine groups is 1. The third kappa shape index (κ3) is 3.84. The second-order valence-electron chi connectivity index (χ2n) is 12.4. The first-order valence-electron chi connectivity index (χ1n) is 13.9. The molecule has 4 bridgehead atoms. The average Bonchev–Trinajstić information content (AvgIpc) is 3.35. The van der Waals surface area contributed by atoms with Crippen LogP contribution in [0.4, 0.5) is 4.39 Å². The number of nitrogens with zero attached hydrogens (tertiary/aromatic N) is 3. The molecule has 4 N–H and O–H groups in total. The lowest BCUT2D eigenvalue weighted by Crippen LogP contribution is -2.57. The predicted molar refractivity (Wildman–Crippen MR) is 134 cm³/mol. The largest absolute Gasteiger partial charge is 0.392 e. The molecule has 5 fully saturated rings. The van der Waals surface area contributed by atoms with Crippen molar-refractivity contribution in [3.05, 3.63) is 42.1 Å². The second kappa shape index (κ2) is 8.88. The fraction of sp³-hybridized carbons (Fsp3) is 0.679. The van der Waals surface area contributed by atoms with E-state index in [9.17, 15) is 10.2 Å². The molecule has 2 saturated heterocycles. The maximum absolute atomic E-state index is 15.0. The number of imidazole rings is 1. The summed E-state index contributed by atoms with van der Waals surface area (Å²) in [7, 11) is 0. The Morgan fingerprint density at radius 3 is 2.83 bits per heavy atom. The van der Waals surface area contributed by atoms with Gasteiger partial charge in [0.25, 0.3) is 0 Å². The summed E-state index contributed by atoms with van der Waals surface area (Å²) in [6.07, 6.45) is 11.9. The average molecular weight is 496 g/mol. The molecule has 2 aromatic rings. The fourth-order valence-electron chi connectivity index (χ4n) is 8.40. The quantitative estimate of drug-likeness (QED) is 0.420. The van der Waals surface area contributed by atoms with E-state index in [0.717, 1.165) is 50.0 Å². The van der Waals surface area contributed by atoms with E-state index in [4.69, 9.17) is 0 Å². The molecule has 7 atom stereocenters. The number of hydrogen-bond acceptors (Lipinski definition) is 6. The smallest absolute Gasteiger partial charge is 0.173 e. The van der Waals surface area contributed by atoms with Crippen LogP contribution in [0.1, 0.15) is 69.4 Å². The summed E-state index contributed by atoms with van der Waals surface area (Å²) < 4.78 is 17.1. The molecule has 0 radical (unpaired) electrons. The van der Waals surface area contributed by atoms with Crippen LogP contribution < -0.4 is 10.7 Å². The van der Waals surface area contributed by atoms with Gasteiger partial charge in [0, 0.05) is 30.3 Å². The van der Waals surface area contributed by atoms with Crippen molar-refractivity contribution in [1.82, 2.24) is 25.3 Å². The summed E-state index contributed by atoms with van der Waals surface area (Å²) in [6.45, 7) is 1.77. The van der Waals surface area contributed by atoms with Crippen molar-refractivity contribution >= 4 is 0 Å². The van der Waals surface area contributed by atoms with Crippen molar-refractivity contribution in [1.29, 1.82) is 0 Å². The van der Waals surface area contributed by atoms with E-state index in [1.807, 2.05) is 10.6 Å². The molecule has 8 rings (SSSR count). The van der Waals surface area contributed by atoms with Gasteiger partial charge in [-0.2, -0.15) is 0 Å². The van der Waals surface area contributed by atoms with Gasteiger partial charge in [0.15, 0.2) is 6.35 Å². The third-order valence-corrected chi connectivity index (χ3v) is 10.1. The molecule has 1 aromatic carbocycles. The van der Waals surface area contributed by atoms with Crippen LogP contribution >= 0.6 is 0 Å². The van der Waals surface area contributed by atoms with E-state index in [2.05, 4.69) is 20.7 Å². The Kier molecular flexibility index (Phi) is 5.74. The highest BCUT2D eigenvalue weighted by Gasteiger charge is 2.54. The molecule has 3 saturated carbocycles. The van der Waals surface area contributed by atoms with Gasteiger partial charge in [0.1, 0.15) is 5.82 Å². The van der Waals surface area contributed by atoms with Crippen molar-refractivity contribution in [2.45, 2.75) is 82.3 Å². The lowest BCUT2D eigenvalue weighted by molar-refractivity contribution is -0.0795. The first-order chi connectivity index (χ1) is 17.5. The zero-order chi connectivity index (χ0) is 24.4. The molecule has 8 heteroatoms. The zero-order valence-electron chi connectivity index (χ0n) is 20.8. The summed E-state index contributed by atoms with van der Waals surface area (Å²) >= 11 is 0. The van der Waals surface area contributed by atoms with E-state index < -0.39 is 12.5 Å². The first-order valence-corrected chi connectivity index (χ1v) is 13.9. The topological polar surface area (TPSA) is 85.6 Å². The Bertz CT molecular complexity index is 1120. The molecule has 0 spiro atoms. The Labute approximate surface area is 212 Å². The van der Waals surface area contributed by atoms with Crippen molar-refractivity contribution in [2.24, 2.45) is 23.2 Å². The third-order valence-electron chi connectivity index (χ3n) is 10.1. The number of hydrogen-bond donors (Lipinski definition) is 4. The first kappa shape index (κ1) is 23.3. The van der Waals surface area contributed by atoms with E-state index >= 15 is 4.39 Å². The summed E-state index contributed by atoms with van der Waals surface area (Å²) in [5.41, 5.74) is 5.73. The van der Waals surface area contributed by atoms with Crippen LogP contribution in [0.25, 0.3) is 11.3 Å². The van der Waals surface area contributed by atoms with Crippen LogP contribution in [-0.2, 0) is 0 Å². The highest BCUT2D eigenvalue weighted by Crippen LogP contribution is 2.57. The lowest BCUT2D eigenvalue weighted by Gasteiger charge is -2.51. The number of rotatable bonds is 8. The highest BCUT2D eigenvalue weighted by atomic mass is 19.1. The molecule has 4 heterocycles. The fourth-order valence-corrected chi connectivity index (χ4v) is 8.40. The molecule has 194 valence electrons. The van der Waals surface area contributed by atoms with Gasteiger partial charge in [-0.3, -0.25) is 5.32 Å². The van der Waals surface area contributed by atoms with Crippen molar-refractivity contribution in [3.63, 3.8) is 0 Å². The van der Waals surface area contributed by atoms with E-state index in [0.29, 0.717) is 35.8 Å². The molecule has 3 aliphatic carbocycles. The minimum absolute atomic E-state index is 0.161. The Balaban J connectivity index is 1.09. The number of fused-ring (bicyclic) bond motifs is 4. The van der Waals surface area contributed by atoms with Gasteiger partial charge in [-0.05, 0) is 80.6 Å². The van der Waals surface area contributed by atoms with Crippen LogP contribution in [0.2, 0.25) is 0 Å². The van der Waals surface area contributed by atoms with E-state index in [1.54, 1.807) is 18.6 Å². The van der Waals surface area contributed by atoms with Gasteiger partial charge in [-0.25, -0.2) is 19.8 Å². The number of aromatic nitrogens is 2. The summed E-state index contributed by atoms with van der Waals surface area (Å²) in [4.78, 5) is 4.32. The number of halogens is 1. The van der Waals surface area contributed by atoms with Crippen molar-refractivity contribution in [3.8, 4) is 11.3 Å². The van der Waals surface area contributed by atoms with Gasteiger partial charge >= 0.3 is 0 Å². The molecular formula is C28H38FN5O2. The van der Waals surface area contributed by atoms with Gasteiger partial charge in [-0.1, -0.05) is 18.6 Å². The predicted octanol–water partition coefficient (Wildman–Crippen LogP) is 3.39. The van der Waals surface area contributed by atoms with Crippen LogP contribution in [0.3, 0.4) is 0 Å². The number of benzene rings is 1. The second-order valence-corrected chi connectivity index (χ2v) is 12.4. The Hall–Kier alpha value is -1.84. The zero-order valence-corrected chi connectivity index (χ0v) is 20.8. The van der Waals surface area contributed by atoms with Crippen LogP contribution in [0, 0.1) is 29.0 Å². The minimum Gasteiger partial charge on any atom is -0.392 e. The van der Waals surface area contributed by atoms with Crippen LogP contribution in [0.15, 0.2) is 30.7 Å². The minimum atomic E-state index is -0.736. The molecule has 3 aliphatic heterocycles. The number of aliphatic hydroxyl groups excluding tert-OH is 2. The summed E-state index contributed by atoms with van der Waals surface area (Å²) in [6, 6.07) is 5.31. The Morgan fingerprint density at radius 1 is 1.14 bits per heavy atom. The monoisotopic (exact) mass is 495 g/mol. The number of nitrogens with one attached hydrogen (secondary N) is 2. The summed E-state index contributed by atoms with van der Waals surface area (Å²) in [5, 5.41) is 28.1. The molecule has 7 unspecified atom stereocenters. The standard InChI is InChI=1S/C28H38FN5O2/c29-22-6-2-5-21-24-14-30-16-33(24)23(26(21)22)9-25(35)28-10-18-7-19(11-28)15-34(20(8-18)12-28)32-27(36)31-13-17-3-1-4-17/h2,5-6,14,16-20,23,25,27,31-32,35-36H,1,3-4,7-13,15H2. The molecule has 1 aromatic heterocycles. The van der Waals surface area contributed by atoms with E-state index in [1.165, 1.54) is 31.7 Å². The van der Waals surface area contributed by atoms with E-state index in [-0.39, 0.29) is 17.3 Å². The van der Waals surface area contributed by atoms with Crippen LogP contribution in [-0.4, -0.2) is 56.4 Å². The summed E-state index contributed by atoms with van der Waals surface area (Å²) in [5.74, 6) is 1.58. The van der Waals surface area contributed by atoms with Gasteiger partial charge < -0.3 is 14.8 Å². The normalized spacial score (nSPS) is 34.8. The molecule has 0 amide bonds. The van der Waals surface area contributed by atoms with Crippen molar-refractivity contribution in [2.75, 3.05) is 13.1 Å². The lowest BCUT2D eigenvalue weighted by atomic mass is 9.56.